The molecule has 0 aromatic heterocycles. The molecule has 1 aliphatic rings. The average molecular weight is 607 g/mol. The number of piperazine rings is 1. The fourth-order valence-electron chi connectivity index (χ4n) is 3.64. The summed E-state index contributed by atoms with van der Waals surface area (Å²) in [4.78, 5) is 36.8. The van der Waals surface area contributed by atoms with Gasteiger partial charge in [0, 0.05) is 37.4 Å². The quantitative estimate of drug-likeness (QED) is 0.348. The number of amides is 1. The number of nitrogens with zero attached hydrogens (tertiary/aromatic N) is 2. The van der Waals surface area contributed by atoms with Crippen LogP contribution in [0.5, 0.6) is 0 Å². The molecule has 0 bridgehead atoms. The predicted octanol–water partition coefficient (Wildman–Crippen LogP) is 2.99. The summed E-state index contributed by atoms with van der Waals surface area (Å²) >= 11 is 0. The van der Waals surface area contributed by atoms with Gasteiger partial charge in [-0.3, -0.25) is 14.4 Å². The molecule has 11 nitrogen and oxygen atoms in total. The van der Waals surface area contributed by atoms with E-state index in [-0.39, 0.29) is 34.1 Å². The summed E-state index contributed by atoms with van der Waals surface area (Å²) in [6, 6.07) is 8.72. The van der Waals surface area contributed by atoms with Crippen molar-refractivity contribution in [2.45, 2.75) is 37.4 Å². The number of aliphatic carboxylic acids is 1. The van der Waals surface area contributed by atoms with Crippen LogP contribution in [0, 0.1) is 5.82 Å². The fourth-order valence-corrected chi connectivity index (χ4v) is 4.72. The molecular formula is C25H30F4N4O7S. The Bertz CT molecular complexity index is 1350. The lowest BCUT2D eigenvalue weighted by atomic mass is 10.1. The molecule has 1 amide bonds. The molecule has 0 unspecified atom stereocenters. The second kappa shape index (κ2) is 13.2. The third-order valence-electron chi connectivity index (χ3n) is 5.46. The van der Waals surface area contributed by atoms with E-state index in [0.29, 0.717) is 31.9 Å². The number of carboxylic acid groups (broad SMARTS) is 2. The molecule has 0 saturated carbocycles. The molecule has 4 N–H and O–H groups in total. The van der Waals surface area contributed by atoms with Gasteiger partial charge in [0.25, 0.3) is 10.0 Å². The number of carbonyl (C=O) groups is 3. The molecule has 2 aromatic rings. The maximum atomic E-state index is 13.1. The highest BCUT2D eigenvalue weighted by Crippen LogP contribution is 2.27. The van der Waals surface area contributed by atoms with E-state index in [4.69, 9.17) is 9.90 Å². The first-order chi connectivity index (χ1) is 18.8. The van der Waals surface area contributed by atoms with E-state index in [9.17, 15) is 40.7 Å². The molecule has 1 saturated heterocycles. The number of aromatic carboxylic acids is 1. The van der Waals surface area contributed by atoms with Crippen molar-refractivity contribution in [3.05, 3.63) is 53.8 Å². The largest absolute Gasteiger partial charge is 0.490 e. The van der Waals surface area contributed by atoms with Crippen LogP contribution in [-0.4, -0.2) is 85.8 Å². The lowest BCUT2D eigenvalue weighted by Crippen LogP contribution is -2.51. The van der Waals surface area contributed by atoms with Crippen LogP contribution in [0.1, 0.15) is 31.1 Å². The summed E-state index contributed by atoms with van der Waals surface area (Å²) in [5, 5.41) is 19.7. The molecule has 1 aliphatic heterocycles. The number of nitrogens with one attached hydrogen (secondary N) is 2. The molecule has 41 heavy (non-hydrogen) atoms. The van der Waals surface area contributed by atoms with Gasteiger partial charge < -0.3 is 20.4 Å². The Labute approximate surface area is 233 Å². The van der Waals surface area contributed by atoms with Gasteiger partial charge in [0.1, 0.15) is 5.82 Å². The van der Waals surface area contributed by atoms with Gasteiger partial charge in [0.2, 0.25) is 5.91 Å². The van der Waals surface area contributed by atoms with Gasteiger partial charge in [0.05, 0.1) is 22.7 Å². The van der Waals surface area contributed by atoms with E-state index in [1.54, 1.807) is 6.07 Å². The number of benzene rings is 2. The smallest absolute Gasteiger partial charge is 0.478 e. The summed E-state index contributed by atoms with van der Waals surface area (Å²) in [6.45, 7) is 8.48. The number of rotatable bonds is 7. The van der Waals surface area contributed by atoms with E-state index in [0.717, 1.165) is 24.3 Å². The van der Waals surface area contributed by atoms with Crippen molar-refractivity contribution in [3.63, 3.8) is 0 Å². The van der Waals surface area contributed by atoms with Crippen molar-refractivity contribution < 1.29 is 50.6 Å². The number of sulfonamides is 1. The fraction of sp³-hybridized carbons (Fsp3) is 0.400. The number of carbonyl (C=O) groups excluding carboxylic acids is 1. The zero-order valence-electron chi connectivity index (χ0n) is 22.3. The first-order valence-electron chi connectivity index (χ1n) is 12.0. The first kappa shape index (κ1) is 33.3. The molecule has 3 rings (SSSR count). The predicted molar refractivity (Wildman–Crippen MR) is 141 cm³/mol. The summed E-state index contributed by atoms with van der Waals surface area (Å²) in [7, 11) is -4.09. The minimum Gasteiger partial charge on any atom is -0.478 e. The van der Waals surface area contributed by atoms with Crippen LogP contribution >= 0.6 is 0 Å². The summed E-state index contributed by atoms with van der Waals surface area (Å²) in [5.41, 5.74) is 0.0562. The molecule has 0 spiro atoms. The Morgan fingerprint density at radius 3 is 1.93 bits per heavy atom. The van der Waals surface area contributed by atoms with E-state index in [1.165, 1.54) is 12.1 Å². The lowest BCUT2D eigenvalue weighted by molar-refractivity contribution is -0.192. The Morgan fingerprint density at radius 2 is 1.46 bits per heavy atom. The van der Waals surface area contributed by atoms with Crippen LogP contribution < -0.4 is 14.9 Å². The van der Waals surface area contributed by atoms with Crippen molar-refractivity contribution in [2.24, 2.45) is 0 Å². The monoisotopic (exact) mass is 606 g/mol. The normalized spacial score (nSPS) is 14.5. The van der Waals surface area contributed by atoms with Gasteiger partial charge in [0.15, 0.2) is 0 Å². The van der Waals surface area contributed by atoms with E-state index in [1.807, 2.05) is 30.6 Å². The third kappa shape index (κ3) is 10.5. The highest BCUT2D eigenvalue weighted by Gasteiger charge is 2.38. The number of anilines is 2. The zero-order valence-corrected chi connectivity index (χ0v) is 23.1. The minimum atomic E-state index is -5.08. The van der Waals surface area contributed by atoms with Crippen LogP contribution in [0.25, 0.3) is 0 Å². The van der Waals surface area contributed by atoms with Crippen LogP contribution in [-0.2, 0) is 19.6 Å². The summed E-state index contributed by atoms with van der Waals surface area (Å²) in [5.74, 6) is -4.67. The van der Waals surface area contributed by atoms with Crippen LogP contribution in [0.15, 0.2) is 47.4 Å². The van der Waals surface area contributed by atoms with Gasteiger partial charge >= 0.3 is 18.1 Å². The average Bonchev–Trinajstić information content (AvgIpc) is 2.83. The standard InChI is InChI=1S/C23H29FN4O5S.C2HF3O2/c1-23(2,3)25-21(29)15-27-10-12-28(13-11-27)17-6-9-20(19(14-17)22(30)31)26-34(32,33)18-7-4-16(24)5-8-18;3-2(4,5)1(6)7/h4-9,14,26H,10-13,15H2,1-3H3,(H,25,29)(H,30,31);(H,6,7). The molecule has 226 valence electrons. The van der Waals surface area contributed by atoms with Gasteiger partial charge in [-0.1, -0.05) is 0 Å². The van der Waals surface area contributed by atoms with Crippen molar-refractivity contribution in [1.29, 1.82) is 0 Å². The zero-order chi connectivity index (χ0) is 31.2. The molecule has 1 fully saturated rings. The number of hydrogen-bond acceptors (Lipinski definition) is 7. The topological polar surface area (TPSA) is 156 Å². The number of halogens is 4. The van der Waals surface area contributed by atoms with Gasteiger partial charge in [-0.25, -0.2) is 22.4 Å². The number of carboxylic acids is 2. The Balaban J connectivity index is 0.000000745. The molecule has 0 atom stereocenters. The van der Waals surface area contributed by atoms with E-state index < -0.39 is 34.0 Å². The van der Waals surface area contributed by atoms with Crippen molar-refractivity contribution in [2.75, 3.05) is 42.3 Å². The molecule has 0 aliphatic carbocycles. The van der Waals surface area contributed by atoms with Crippen LogP contribution in [0.3, 0.4) is 0 Å². The number of hydrogen-bond donors (Lipinski definition) is 4. The van der Waals surface area contributed by atoms with Crippen LogP contribution in [0.4, 0.5) is 28.9 Å². The van der Waals surface area contributed by atoms with Gasteiger partial charge in [-0.05, 0) is 63.2 Å². The van der Waals surface area contributed by atoms with Crippen LogP contribution in [0.2, 0.25) is 0 Å². The SMILES string of the molecule is CC(C)(C)NC(=O)CN1CCN(c2ccc(NS(=O)(=O)c3ccc(F)cc3)c(C(=O)O)c2)CC1.O=C(O)C(F)(F)F. The Kier molecular flexibility index (Phi) is 10.7. The third-order valence-corrected chi connectivity index (χ3v) is 6.84. The Hall–Kier alpha value is -3.92. The second-order valence-electron chi connectivity index (χ2n) is 9.96. The molecule has 1 heterocycles. The van der Waals surface area contributed by atoms with E-state index in [2.05, 4.69) is 10.0 Å². The highest BCUT2D eigenvalue weighted by molar-refractivity contribution is 7.92. The maximum Gasteiger partial charge on any atom is 0.490 e. The summed E-state index contributed by atoms with van der Waals surface area (Å²) in [6.07, 6.45) is -5.08. The van der Waals surface area contributed by atoms with Gasteiger partial charge in [-0.2, -0.15) is 13.2 Å². The van der Waals surface area contributed by atoms with E-state index >= 15 is 0 Å². The van der Waals surface area contributed by atoms with Gasteiger partial charge in [-0.15, -0.1) is 0 Å². The van der Waals surface area contributed by atoms with Crippen molar-refractivity contribution in [3.8, 4) is 0 Å². The first-order valence-corrected chi connectivity index (χ1v) is 13.5. The van der Waals surface area contributed by atoms with Crippen molar-refractivity contribution in [1.82, 2.24) is 10.2 Å². The second-order valence-corrected chi connectivity index (χ2v) is 11.6. The minimum absolute atomic E-state index is 0.0492. The molecule has 0 radical (unpaired) electrons. The summed E-state index contributed by atoms with van der Waals surface area (Å²) < 4.78 is 72.4. The molecular weight excluding hydrogens is 576 g/mol. The Morgan fingerprint density at radius 1 is 0.927 bits per heavy atom. The lowest BCUT2D eigenvalue weighted by Gasteiger charge is -2.36. The number of alkyl halides is 3. The highest BCUT2D eigenvalue weighted by atomic mass is 32.2. The molecule has 16 heteroatoms. The maximum absolute atomic E-state index is 13.1. The molecule has 2 aromatic carbocycles. The van der Waals surface area contributed by atoms with Crippen molar-refractivity contribution >= 4 is 39.2 Å².